The predicted molar refractivity (Wildman–Crippen MR) is 65.3 cm³/mol. The van der Waals surface area contributed by atoms with E-state index >= 15 is 0 Å². The Hall–Kier alpha value is -0.820. The molecular weight excluding hydrogens is 196 g/mol. The smallest absolute Gasteiger partial charge is 0.0743 e. The summed E-state index contributed by atoms with van der Waals surface area (Å²) in [6.07, 6.45) is 7.12. The zero-order valence-electron chi connectivity index (χ0n) is 9.73. The molecule has 16 heavy (non-hydrogen) atoms. The van der Waals surface area contributed by atoms with Gasteiger partial charge in [-0.15, -0.1) is 0 Å². The van der Waals surface area contributed by atoms with Crippen molar-refractivity contribution in [1.82, 2.24) is 0 Å². The number of benzene rings is 1. The molecular formula is C15H20O. The molecule has 1 aromatic rings. The van der Waals surface area contributed by atoms with Gasteiger partial charge >= 0.3 is 0 Å². The molecule has 86 valence electrons. The molecule has 1 N–H and O–H groups in total. The third kappa shape index (κ3) is 1.67. The van der Waals surface area contributed by atoms with E-state index in [1.165, 1.54) is 31.2 Å². The van der Waals surface area contributed by atoms with Crippen LogP contribution in [0, 0.1) is 5.92 Å². The lowest BCUT2D eigenvalue weighted by Crippen LogP contribution is -2.41. The molecule has 0 bridgehead atoms. The highest BCUT2D eigenvalue weighted by Crippen LogP contribution is 2.53. The molecule has 0 spiro atoms. The van der Waals surface area contributed by atoms with Crippen molar-refractivity contribution >= 4 is 0 Å². The van der Waals surface area contributed by atoms with Gasteiger partial charge in [0.15, 0.2) is 0 Å². The first-order chi connectivity index (χ1) is 7.81. The standard InChI is InChI=1S/C15H20O/c16-15(13-9-10-13)11-5-4-8-14(15)12-6-2-1-3-7-12/h1-3,6-7,13-14,16H,4-5,8-11H2. The molecule has 2 fully saturated rings. The highest BCUT2D eigenvalue weighted by atomic mass is 16.3. The van der Waals surface area contributed by atoms with Gasteiger partial charge in [-0.1, -0.05) is 43.2 Å². The monoisotopic (exact) mass is 216 g/mol. The Morgan fingerprint density at radius 1 is 1.00 bits per heavy atom. The van der Waals surface area contributed by atoms with Crippen LogP contribution >= 0.6 is 0 Å². The Bertz CT molecular complexity index is 355. The van der Waals surface area contributed by atoms with Crippen molar-refractivity contribution in [3.63, 3.8) is 0 Å². The van der Waals surface area contributed by atoms with Gasteiger partial charge in [0.25, 0.3) is 0 Å². The van der Waals surface area contributed by atoms with Crippen LogP contribution in [0.15, 0.2) is 30.3 Å². The summed E-state index contributed by atoms with van der Waals surface area (Å²) < 4.78 is 0. The molecule has 3 rings (SSSR count). The van der Waals surface area contributed by atoms with Crippen molar-refractivity contribution in [1.29, 1.82) is 0 Å². The van der Waals surface area contributed by atoms with Gasteiger partial charge in [0.2, 0.25) is 0 Å². The Kier molecular flexibility index (Phi) is 2.51. The van der Waals surface area contributed by atoms with Gasteiger partial charge in [-0.2, -0.15) is 0 Å². The van der Waals surface area contributed by atoms with Crippen molar-refractivity contribution < 1.29 is 5.11 Å². The third-order valence-electron chi connectivity index (χ3n) is 4.41. The predicted octanol–water partition coefficient (Wildman–Crippen LogP) is 3.49. The van der Waals surface area contributed by atoms with Gasteiger partial charge in [0, 0.05) is 5.92 Å². The maximum atomic E-state index is 10.9. The van der Waals surface area contributed by atoms with Crippen LogP contribution in [-0.2, 0) is 0 Å². The summed E-state index contributed by atoms with van der Waals surface area (Å²) in [5.74, 6) is 0.966. The molecule has 0 aromatic heterocycles. The minimum Gasteiger partial charge on any atom is -0.389 e. The van der Waals surface area contributed by atoms with E-state index < -0.39 is 0 Å². The van der Waals surface area contributed by atoms with Gasteiger partial charge in [0.1, 0.15) is 0 Å². The summed E-state index contributed by atoms with van der Waals surface area (Å²) in [4.78, 5) is 0. The Morgan fingerprint density at radius 2 is 1.75 bits per heavy atom. The van der Waals surface area contributed by atoms with Crippen LogP contribution in [0.4, 0.5) is 0 Å². The Labute approximate surface area is 97.5 Å². The van der Waals surface area contributed by atoms with Gasteiger partial charge < -0.3 is 5.11 Å². The normalized spacial score (nSPS) is 34.9. The molecule has 1 heteroatoms. The first-order valence-electron chi connectivity index (χ1n) is 6.58. The van der Waals surface area contributed by atoms with E-state index in [1.807, 2.05) is 0 Å². The number of hydrogen-bond acceptors (Lipinski definition) is 1. The maximum Gasteiger partial charge on any atom is 0.0743 e. The zero-order chi connectivity index (χ0) is 11.0. The van der Waals surface area contributed by atoms with Crippen molar-refractivity contribution in [2.24, 2.45) is 5.92 Å². The van der Waals surface area contributed by atoms with Crippen molar-refractivity contribution in [3.8, 4) is 0 Å². The van der Waals surface area contributed by atoms with E-state index in [9.17, 15) is 5.11 Å². The van der Waals surface area contributed by atoms with Gasteiger partial charge in [-0.05, 0) is 37.2 Å². The summed E-state index contributed by atoms with van der Waals surface area (Å²) in [5, 5.41) is 10.9. The van der Waals surface area contributed by atoms with E-state index in [1.54, 1.807) is 0 Å². The lowest BCUT2D eigenvalue weighted by molar-refractivity contribution is -0.0370. The van der Waals surface area contributed by atoms with Crippen LogP contribution in [0.3, 0.4) is 0 Å². The molecule has 2 atom stereocenters. The summed E-state index contributed by atoms with van der Waals surface area (Å²) in [5.41, 5.74) is 0.955. The molecule has 0 heterocycles. The van der Waals surface area contributed by atoms with Crippen LogP contribution in [0.1, 0.15) is 50.0 Å². The quantitative estimate of drug-likeness (QED) is 0.802. The fourth-order valence-electron chi connectivity index (χ4n) is 3.39. The first kappa shape index (κ1) is 10.3. The second kappa shape index (κ2) is 3.89. The average Bonchev–Trinajstić information content (AvgIpc) is 3.15. The van der Waals surface area contributed by atoms with Gasteiger partial charge in [0.05, 0.1) is 5.60 Å². The average molecular weight is 216 g/mol. The van der Waals surface area contributed by atoms with E-state index in [2.05, 4.69) is 30.3 Å². The lowest BCUT2D eigenvalue weighted by Gasteiger charge is -2.41. The molecule has 2 saturated carbocycles. The fraction of sp³-hybridized carbons (Fsp3) is 0.600. The van der Waals surface area contributed by atoms with Crippen molar-refractivity contribution in [3.05, 3.63) is 35.9 Å². The van der Waals surface area contributed by atoms with E-state index in [-0.39, 0.29) is 5.60 Å². The van der Waals surface area contributed by atoms with Crippen LogP contribution in [0.2, 0.25) is 0 Å². The highest BCUT2D eigenvalue weighted by molar-refractivity contribution is 5.25. The molecule has 2 unspecified atom stereocenters. The first-order valence-corrected chi connectivity index (χ1v) is 6.58. The van der Waals surface area contributed by atoms with Crippen LogP contribution in [-0.4, -0.2) is 10.7 Å². The summed E-state index contributed by atoms with van der Waals surface area (Å²) in [6.45, 7) is 0. The van der Waals surface area contributed by atoms with Crippen LogP contribution in [0.25, 0.3) is 0 Å². The summed E-state index contributed by atoms with van der Waals surface area (Å²) in [6, 6.07) is 10.6. The van der Waals surface area contributed by atoms with Crippen LogP contribution < -0.4 is 0 Å². The molecule has 0 aliphatic heterocycles. The fourth-order valence-corrected chi connectivity index (χ4v) is 3.39. The second-order valence-corrected chi connectivity index (χ2v) is 5.47. The molecule has 0 radical (unpaired) electrons. The number of rotatable bonds is 2. The maximum absolute atomic E-state index is 10.9. The molecule has 2 aliphatic rings. The second-order valence-electron chi connectivity index (χ2n) is 5.47. The molecule has 0 saturated heterocycles. The minimum atomic E-state index is -0.389. The topological polar surface area (TPSA) is 20.2 Å². The van der Waals surface area contributed by atoms with E-state index in [4.69, 9.17) is 0 Å². The molecule has 1 aromatic carbocycles. The minimum absolute atomic E-state index is 0.384. The zero-order valence-corrected chi connectivity index (χ0v) is 9.73. The largest absolute Gasteiger partial charge is 0.389 e. The molecule has 1 nitrogen and oxygen atoms in total. The number of hydrogen-bond donors (Lipinski definition) is 1. The SMILES string of the molecule is OC1(C2CC2)CCCCC1c1ccccc1. The third-order valence-corrected chi connectivity index (χ3v) is 4.41. The lowest BCUT2D eigenvalue weighted by atomic mass is 9.69. The molecule has 0 amide bonds. The van der Waals surface area contributed by atoms with Crippen molar-refractivity contribution in [2.45, 2.75) is 50.0 Å². The van der Waals surface area contributed by atoms with E-state index in [0.29, 0.717) is 11.8 Å². The highest BCUT2D eigenvalue weighted by Gasteiger charge is 2.50. The van der Waals surface area contributed by atoms with Gasteiger partial charge in [-0.3, -0.25) is 0 Å². The number of aliphatic hydroxyl groups is 1. The molecule has 2 aliphatic carbocycles. The van der Waals surface area contributed by atoms with E-state index in [0.717, 1.165) is 12.8 Å². The van der Waals surface area contributed by atoms with Gasteiger partial charge in [-0.25, -0.2) is 0 Å². The summed E-state index contributed by atoms with van der Waals surface area (Å²) >= 11 is 0. The van der Waals surface area contributed by atoms with Crippen molar-refractivity contribution in [2.75, 3.05) is 0 Å². The summed E-state index contributed by atoms with van der Waals surface area (Å²) in [7, 11) is 0. The van der Waals surface area contributed by atoms with Crippen LogP contribution in [0.5, 0.6) is 0 Å². The Balaban J connectivity index is 1.91. The Morgan fingerprint density at radius 3 is 2.44 bits per heavy atom.